The number of hydrogen-bond acceptors (Lipinski definition) is 5. The highest BCUT2D eigenvalue weighted by Crippen LogP contribution is 2.48. The second-order valence-electron chi connectivity index (χ2n) is 9.61. The van der Waals surface area contributed by atoms with Crippen molar-refractivity contribution in [2.75, 3.05) is 7.11 Å². The van der Waals surface area contributed by atoms with Crippen molar-refractivity contribution in [1.82, 2.24) is 0 Å². The maximum atomic E-state index is 11.7. The smallest absolute Gasteiger partial charge is 0.337 e. The molecule has 1 aliphatic rings. The Kier molecular flexibility index (Phi) is 6.61. The molecule has 1 N–H and O–H groups in total. The molecule has 2 aromatic carbocycles. The summed E-state index contributed by atoms with van der Waals surface area (Å²) in [4.78, 5) is 23.4. The molecule has 1 atom stereocenters. The average Bonchev–Trinajstić information content (AvgIpc) is 2.75. The molecule has 1 unspecified atom stereocenters. The zero-order valence-corrected chi connectivity index (χ0v) is 19.7. The van der Waals surface area contributed by atoms with Gasteiger partial charge in [-0.3, -0.25) is 4.79 Å². The van der Waals surface area contributed by atoms with Crippen molar-refractivity contribution in [3.05, 3.63) is 69.8 Å². The minimum Gasteiger partial charge on any atom is -0.465 e. The highest BCUT2D eigenvalue weighted by atomic mass is 16.5. The first kappa shape index (κ1) is 23.7. The third kappa shape index (κ3) is 4.63. The molecule has 0 aromatic heterocycles. The zero-order valence-electron chi connectivity index (χ0n) is 19.7. The Bertz CT molecular complexity index is 1040. The molecule has 5 heteroatoms. The zero-order chi connectivity index (χ0) is 23.7. The van der Waals surface area contributed by atoms with Crippen LogP contribution in [-0.2, 0) is 31.7 Å². The Hall–Kier alpha value is -2.92. The normalized spacial score (nSPS) is 18.8. The molecule has 0 heterocycles. The lowest BCUT2D eigenvalue weighted by Gasteiger charge is -2.47. The first-order chi connectivity index (χ1) is 15.0. The summed E-state index contributed by atoms with van der Waals surface area (Å²) in [6, 6.07) is 11.3. The van der Waals surface area contributed by atoms with Gasteiger partial charge in [0.1, 0.15) is 6.10 Å². The van der Waals surface area contributed by atoms with Crippen molar-refractivity contribution in [2.45, 2.75) is 64.6 Å². The summed E-state index contributed by atoms with van der Waals surface area (Å²) in [5.74, 6) is -0.644. The Labute approximate surface area is 190 Å². The van der Waals surface area contributed by atoms with Gasteiger partial charge in [0.25, 0.3) is 0 Å². The largest absolute Gasteiger partial charge is 0.465 e. The number of hydrogen-bond donors (Lipinski definition) is 1. The topological polar surface area (TPSA) is 72.8 Å². The summed E-state index contributed by atoms with van der Waals surface area (Å²) >= 11 is 0. The van der Waals surface area contributed by atoms with Gasteiger partial charge in [-0.15, -0.1) is 0 Å². The monoisotopic (exact) mass is 436 g/mol. The molecule has 170 valence electrons. The third-order valence-electron chi connectivity index (χ3n) is 6.47. The quantitative estimate of drug-likeness (QED) is 0.526. The van der Waals surface area contributed by atoms with Gasteiger partial charge in [0.15, 0.2) is 0 Å². The maximum absolute atomic E-state index is 11.7. The number of rotatable bonds is 5. The number of aliphatic hydroxyl groups excluding tert-OH is 1. The molecule has 2 aromatic rings. The lowest BCUT2D eigenvalue weighted by Crippen LogP contribution is -2.47. The summed E-state index contributed by atoms with van der Waals surface area (Å²) in [5, 5.41) is 10.1. The number of ether oxygens (including phenoxy) is 2. The van der Waals surface area contributed by atoms with Crippen molar-refractivity contribution in [1.29, 1.82) is 0 Å². The molecule has 0 aliphatic heterocycles. The lowest BCUT2D eigenvalue weighted by atomic mass is 9.61. The summed E-state index contributed by atoms with van der Waals surface area (Å²) in [6.07, 6.45) is 4.41. The number of esters is 2. The highest BCUT2D eigenvalue weighted by molar-refractivity contribution is 5.89. The van der Waals surface area contributed by atoms with Crippen molar-refractivity contribution < 1.29 is 24.2 Å². The van der Waals surface area contributed by atoms with Crippen LogP contribution in [0.25, 0.3) is 12.2 Å². The first-order valence-electron chi connectivity index (χ1n) is 10.8. The number of carbonyl (C=O) groups excluding carboxylic acids is 2. The molecule has 0 radical (unpaired) electrons. The molecule has 0 spiro atoms. The number of methoxy groups -OCH3 is 1. The second kappa shape index (κ2) is 8.91. The minimum atomic E-state index is -0.370. The highest BCUT2D eigenvalue weighted by Gasteiger charge is 2.46. The van der Waals surface area contributed by atoms with Crippen molar-refractivity contribution >= 4 is 24.1 Å². The van der Waals surface area contributed by atoms with E-state index in [0.717, 1.165) is 28.7 Å². The van der Waals surface area contributed by atoms with E-state index in [-0.39, 0.29) is 35.5 Å². The van der Waals surface area contributed by atoms with E-state index in [1.165, 1.54) is 19.6 Å². The molecule has 32 heavy (non-hydrogen) atoms. The standard InChI is InChI=1S/C27H32O5/c1-17(29)32-24-15-26(2,3)22-14-21(16-28)20(13-23(22)27(24,4)5)12-9-18-7-10-19(11-8-18)25(30)31-6/h7-14,24,28H,15-16H2,1-6H3. The Morgan fingerprint density at radius 1 is 1.06 bits per heavy atom. The van der Waals surface area contributed by atoms with Crippen LogP contribution in [0.15, 0.2) is 36.4 Å². The van der Waals surface area contributed by atoms with Gasteiger partial charge in [-0.1, -0.05) is 64.1 Å². The van der Waals surface area contributed by atoms with Gasteiger partial charge in [-0.2, -0.15) is 0 Å². The Morgan fingerprint density at radius 3 is 2.28 bits per heavy atom. The van der Waals surface area contributed by atoms with Crippen LogP contribution < -0.4 is 0 Å². The van der Waals surface area contributed by atoms with E-state index in [4.69, 9.17) is 9.47 Å². The minimum absolute atomic E-state index is 0.0713. The van der Waals surface area contributed by atoms with Crippen molar-refractivity contribution in [2.24, 2.45) is 0 Å². The van der Waals surface area contributed by atoms with E-state index >= 15 is 0 Å². The number of aliphatic hydroxyl groups is 1. The fraction of sp³-hybridized carbons (Fsp3) is 0.407. The van der Waals surface area contributed by atoms with E-state index in [9.17, 15) is 14.7 Å². The number of carbonyl (C=O) groups is 2. The van der Waals surface area contributed by atoms with E-state index in [0.29, 0.717) is 5.56 Å². The molecule has 5 nitrogen and oxygen atoms in total. The van der Waals surface area contributed by atoms with Crippen LogP contribution in [0.3, 0.4) is 0 Å². The third-order valence-corrected chi connectivity index (χ3v) is 6.47. The van der Waals surface area contributed by atoms with Crippen LogP contribution in [0.5, 0.6) is 0 Å². The van der Waals surface area contributed by atoms with Gasteiger partial charge >= 0.3 is 11.9 Å². The molecule has 1 aliphatic carbocycles. The number of fused-ring (bicyclic) bond motifs is 1. The van der Waals surface area contributed by atoms with Crippen LogP contribution in [0.1, 0.15) is 79.2 Å². The molecular weight excluding hydrogens is 404 g/mol. The van der Waals surface area contributed by atoms with Crippen molar-refractivity contribution in [3.8, 4) is 0 Å². The molecule has 0 bridgehead atoms. The van der Waals surface area contributed by atoms with Crippen LogP contribution in [0.2, 0.25) is 0 Å². The lowest BCUT2D eigenvalue weighted by molar-refractivity contribution is -0.151. The fourth-order valence-corrected chi connectivity index (χ4v) is 4.47. The van der Waals surface area contributed by atoms with Crippen LogP contribution in [0.4, 0.5) is 0 Å². The van der Waals surface area contributed by atoms with Gasteiger partial charge in [-0.25, -0.2) is 4.79 Å². The SMILES string of the molecule is COC(=O)c1ccc(C=Cc2cc3c(cc2CO)C(C)(C)CC(OC(C)=O)C3(C)C)cc1. The van der Waals surface area contributed by atoms with Crippen LogP contribution >= 0.6 is 0 Å². The van der Waals surface area contributed by atoms with E-state index in [1.807, 2.05) is 24.3 Å². The summed E-state index contributed by atoms with van der Waals surface area (Å²) in [6.45, 7) is 9.89. The van der Waals surface area contributed by atoms with Gasteiger partial charge < -0.3 is 14.6 Å². The van der Waals surface area contributed by atoms with Crippen LogP contribution in [-0.4, -0.2) is 30.3 Å². The number of benzene rings is 2. The van der Waals surface area contributed by atoms with Gasteiger partial charge in [-0.05, 0) is 51.8 Å². The van der Waals surface area contributed by atoms with Crippen molar-refractivity contribution in [3.63, 3.8) is 0 Å². The van der Waals surface area contributed by atoms with Gasteiger partial charge in [0, 0.05) is 12.3 Å². The predicted molar refractivity (Wildman–Crippen MR) is 125 cm³/mol. The molecule has 0 amide bonds. The van der Waals surface area contributed by atoms with Gasteiger partial charge in [0.05, 0.1) is 19.3 Å². The van der Waals surface area contributed by atoms with E-state index in [2.05, 4.69) is 39.8 Å². The summed E-state index contributed by atoms with van der Waals surface area (Å²) in [7, 11) is 1.36. The molecule has 3 rings (SSSR count). The molecule has 0 fully saturated rings. The first-order valence-corrected chi connectivity index (χ1v) is 10.8. The predicted octanol–water partition coefficient (Wildman–Crippen LogP) is 5.03. The maximum Gasteiger partial charge on any atom is 0.337 e. The van der Waals surface area contributed by atoms with E-state index < -0.39 is 0 Å². The second-order valence-corrected chi connectivity index (χ2v) is 9.61. The average molecular weight is 437 g/mol. The molecular formula is C27H32O5. The van der Waals surface area contributed by atoms with E-state index in [1.54, 1.807) is 12.1 Å². The Balaban J connectivity index is 2.03. The fourth-order valence-electron chi connectivity index (χ4n) is 4.47. The summed E-state index contributed by atoms with van der Waals surface area (Å²) < 4.78 is 10.5. The van der Waals surface area contributed by atoms with Crippen LogP contribution in [0, 0.1) is 0 Å². The molecule has 0 saturated heterocycles. The molecule has 0 saturated carbocycles. The van der Waals surface area contributed by atoms with Gasteiger partial charge in [0.2, 0.25) is 0 Å². The summed E-state index contributed by atoms with van der Waals surface area (Å²) in [5.41, 5.74) is 4.92. The Morgan fingerprint density at radius 2 is 1.72 bits per heavy atom.